The summed E-state index contributed by atoms with van der Waals surface area (Å²) in [4.78, 5) is 0. The van der Waals surface area contributed by atoms with Gasteiger partial charge in [0.2, 0.25) is 0 Å². The molecule has 0 radical (unpaired) electrons. The van der Waals surface area contributed by atoms with Crippen LogP contribution in [-0.2, 0) is 0 Å². The van der Waals surface area contributed by atoms with Gasteiger partial charge in [-0.15, -0.1) is 0 Å². The van der Waals surface area contributed by atoms with E-state index in [2.05, 4.69) is 37.3 Å². The van der Waals surface area contributed by atoms with Crippen molar-refractivity contribution in [2.24, 2.45) is 5.73 Å². The molecular weight excluding hydrogens is 206 g/mol. The summed E-state index contributed by atoms with van der Waals surface area (Å²) in [5.41, 5.74) is 10.5. The van der Waals surface area contributed by atoms with Gasteiger partial charge in [-0.2, -0.15) is 0 Å². The van der Waals surface area contributed by atoms with Gasteiger partial charge in [-0.05, 0) is 48.8 Å². The van der Waals surface area contributed by atoms with Gasteiger partial charge in [0, 0.05) is 6.04 Å². The van der Waals surface area contributed by atoms with Crippen molar-refractivity contribution in [1.82, 2.24) is 0 Å². The number of hydrogen-bond donors (Lipinski definition) is 1. The molecule has 17 heavy (non-hydrogen) atoms. The maximum absolute atomic E-state index is 6.29. The lowest BCUT2D eigenvalue weighted by atomic mass is 9.88. The van der Waals surface area contributed by atoms with Crippen molar-refractivity contribution in [2.45, 2.75) is 51.5 Å². The van der Waals surface area contributed by atoms with Crippen LogP contribution in [0.4, 0.5) is 0 Å². The summed E-state index contributed by atoms with van der Waals surface area (Å²) in [6.07, 6.45) is 9.73. The molecule has 1 heteroatoms. The average Bonchev–Trinajstić information content (AvgIpc) is 2.40. The first-order chi connectivity index (χ1) is 8.33. The maximum atomic E-state index is 6.29. The molecule has 1 nitrogen and oxygen atoms in total. The summed E-state index contributed by atoms with van der Waals surface area (Å²) in [5, 5.41) is 0. The first kappa shape index (κ1) is 12.4. The lowest BCUT2D eigenvalue weighted by Crippen LogP contribution is -2.12. The number of benzene rings is 1. The van der Waals surface area contributed by atoms with Crippen LogP contribution in [0.1, 0.15) is 62.6 Å². The Kier molecular flexibility index (Phi) is 4.38. The van der Waals surface area contributed by atoms with Gasteiger partial charge in [-0.25, -0.2) is 0 Å². The van der Waals surface area contributed by atoms with Crippen LogP contribution in [0, 0.1) is 0 Å². The third-order valence-electron chi connectivity index (χ3n) is 3.60. The molecule has 1 aliphatic carbocycles. The highest BCUT2D eigenvalue weighted by Crippen LogP contribution is 2.32. The quantitative estimate of drug-likeness (QED) is 0.811. The molecule has 0 saturated carbocycles. The van der Waals surface area contributed by atoms with Gasteiger partial charge in [0.15, 0.2) is 0 Å². The molecule has 0 amide bonds. The number of hydrogen-bond acceptors (Lipinski definition) is 1. The van der Waals surface area contributed by atoms with E-state index >= 15 is 0 Å². The summed E-state index contributed by atoms with van der Waals surface area (Å²) in [5.74, 6) is 0. The van der Waals surface area contributed by atoms with Crippen molar-refractivity contribution in [3.8, 4) is 0 Å². The lowest BCUT2D eigenvalue weighted by Gasteiger charge is -2.20. The number of nitrogens with two attached hydrogens (primary N) is 1. The smallest absolute Gasteiger partial charge is 0.0300 e. The normalized spacial score (nSPS) is 17.6. The van der Waals surface area contributed by atoms with Crippen molar-refractivity contribution in [3.05, 3.63) is 41.5 Å². The average molecular weight is 229 g/mol. The highest BCUT2D eigenvalue weighted by atomic mass is 14.6. The highest BCUT2D eigenvalue weighted by Gasteiger charge is 2.14. The zero-order valence-corrected chi connectivity index (χ0v) is 10.8. The monoisotopic (exact) mass is 229 g/mol. The Bertz CT molecular complexity index is 392. The highest BCUT2D eigenvalue weighted by molar-refractivity contribution is 5.69. The van der Waals surface area contributed by atoms with Gasteiger partial charge in [0.05, 0.1) is 0 Å². The van der Waals surface area contributed by atoms with E-state index < -0.39 is 0 Å². The standard InChI is InChI=1S/C16H23N/c1-2-8-16(17)15-12-7-6-11-14(15)13-9-4-3-5-10-13/h6-7,9,11-12,16H,2-5,8,10,17H2,1H3. The Morgan fingerprint density at radius 3 is 2.76 bits per heavy atom. The van der Waals surface area contributed by atoms with Crippen molar-refractivity contribution in [3.63, 3.8) is 0 Å². The summed E-state index contributed by atoms with van der Waals surface area (Å²) in [6, 6.07) is 8.87. The van der Waals surface area contributed by atoms with Gasteiger partial charge in [-0.3, -0.25) is 0 Å². The minimum Gasteiger partial charge on any atom is -0.324 e. The molecule has 0 spiro atoms. The molecule has 2 rings (SSSR count). The Morgan fingerprint density at radius 2 is 2.06 bits per heavy atom. The van der Waals surface area contributed by atoms with Crippen LogP contribution in [0.15, 0.2) is 30.3 Å². The first-order valence-electron chi connectivity index (χ1n) is 6.87. The molecule has 1 aromatic rings. The lowest BCUT2D eigenvalue weighted by molar-refractivity contribution is 0.636. The van der Waals surface area contributed by atoms with E-state index in [-0.39, 0.29) is 6.04 Å². The number of rotatable bonds is 4. The second-order valence-electron chi connectivity index (χ2n) is 4.96. The second kappa shape index (κ2) is 6.02. The third-order valence-corrected chi connectivity index (χ3v) is 3.60. The summed E-state index contributed by atoms with van der Waals surface area (Å²) in [6.45, 7) is 2.20. The molecule has 2 N–H and O–H groups in total. The van der Waals surface area contributed by atoms with Crippen LogP contribution >= 0.6 is 0 Å². The first-order valence-corrected chi connectivity index (χ1v) is 6.87. The largest absolute Gasteiger partial charge is 0.324 e. The topological polar surface area (TPSA) is 26.0 Å². The van der Waals surface area contributed by atoms with E-state index in [4.69, 9.17) is 5.73 Å². The summed E-state index contributed by atoms with van der Waals surface area (Å²) >= 11 is 0. The fourth-order valence-electron chi connectivity index (χ4n) is 2.66. The molecule has 0 saturated heterocycles. The Hall–Kier alpha value is -1.08. The van der Waals surface area contributed by atoms with E-state index in [1.807, 2.05) is 0 Å². The van der Waals surface area contributed by atoms with Crippen LogP contribution in [-0.4, -0.2) is 0 Å². The van der Waals surface area contributed by atoms with E-state index in [1.54, 1.807) is 0 Å². The zero-order valence-electron chi connectivity index (χ0n) is 10.8. The van der Waals surface area contributed by atoms with Crippen molar-refractivity contribution < 1.29 is 0 Å². The van der Waals surface area contributed by atoms with Crippen LogP contribution in [0.25, 0.3) is 5.57 Å². The number of allylic oxidation sites excluding steroid dienone is 2. The van der Waals surface area contributed by atoms with E-state index in [9.17, 15) is 0 Å². The molecule has 1 atom stereocenters. The predicted octanol–water partition coefficient (Wildman–Crippen LogP) is 4.44. The van der Waals surface area contributed by atoms with Crippen molar-refractivity contribution in [2.75, 3.05) is 0 Å². The molecule has 0 aromatic heterocycles. The van der Waals surface area contributed by atoms with Crippen LogP contribution in [0.3, 0.4) is 0 Å². The van der Waals surface area contributed by atoms with Gasteiger partial charge >= 0.3 is 0 Å². The zero-order chi connectivity index (χ0) is 12.1. The van der Waals surface area contributed by atoms with Crippen LogP contribution in [0.2, 0.25) is 0 Å². The molecule has 92 valence electrons. The minimum absolute atomic E-state index is 0.194. The van der Waals surface area contributed by atoms with Gasteiger partial charge < -0.3 is 5.73 Å². The fourth-order valence-corrected chi connectivity index (χ4v) is 2.66. The molecule has 1 unspecified atom stereocenters. The molecule has 1 aromatic carbocycles. The fraction of sp³-hybridized carbons (Fsp3) is 0.500. The van der Waals surface area contributed by atoms with Crippen molar-refractivity contribution >= 4 is 5.57 Å². The molecule has 0 bridgehead atoms. The SMILES string of the molecule is CCCC(N)c1ccccc1C1=CCCCC1. The van der Waals surface area contributed by atoms with Crippen LogP contribution in [0.5, 0.6) is 0 Å². The molecule has 0 fully saturated rings. The maximum Gasteiger partial charge on any atom is 0.0300 e. The van der Waals surface area contributed by atoms with E-state index in [0.717, 1.165) is 12.8 Å². The van der Waals surface area contributed by atoms with Gasteiger partial charge in [0.25, 0.3) is 0 Å². The Morgan fingerprint density at radius 1 is 1.24 bits per heavy atom. The minimum atomic E-state index is 0.194. The van der Waals surface area contributed by atoms with E-state index in [0.29, 0.717) is 0 Å². The Labute approximate surface area is 105 Å². The molecule has 1 aliphatic rings. The second-order valence-corrected chi connectivity index (χ2v) is 4.96. The molecule has 0 heterocycles. The van der Waals surface area contributed by atoms with Gasteiger partial charge in [0.1, 0.15) is 0 Å². The Balaban J connectivity index is 2.29. The van der Waals surface area contributed by atoms with Crippen LogP contribution < -0.4 is 5.73 Å². The summed E-state index contributed by atoms with van der Waals surface area (Å²) < 4.78 is 0. The van der Waals surface area contributed by atoms with Gasteiger partial charge in [-0.1, -0.05) is 43.7 Å². The van der Waals surface area contributed by atoms with Crippen molar-refractivity contribution in [1.29, 1.82) is 0 Å². The molecule has 0 aliphatic heterocycles. The third kappa shape index (κ3) is 2.98. The predicted molar refractivity (Wildman–Crippen MR) is 74.7 cm³/mol. The molecular formula is C16H23N. The summed E-state index contributed by atoms with van der Waals surface area (Å²) in [7, 11) is 0. The van der Waals surface area contributed by atoms with E-state index in [1.165, 1.54) is 42.4 Å².